The lowest BCUT2D eigenvalue weighted by Crippen LogP contribution is -1.99. The number of hydrogen-bond acceptors (Lipinski definition) is 2. The topological polar surface area (TPSA) is 34.9 Å². The summed E-state index contributed by atoms with van der Waals surface area (Å²) in [7, 11) is 0. The summed E-state index contributed by atoms with van der Waals surface area (Å²) in [6.07, 6.45) is 3.30. The van der Waals surface area contributed by atoms with Gasteiger partial charge in [0.15, 0.2) is 6.29 Å². The first-order chi connectivity index (χ1) is 5.74. The highest BCUT2D eigenvalue weighted by atomic mass is 16.1. The van der Waals surface area contributed by atoms with Gasteiger partial charge in [-0.25, -0.2) is 4.98 Å². The molecule has 1 aromatic heterocycles. The standard InChI is InChI=1S/C9H12N2O/c1-6-9(5-12)10-7(2)11(6)8-3-4-8/h5,8H,3-4H2,1-2H3. The van der Waals surface area contributed by atoms with Crippen molar-refractivity contribution in [3.63, 3.8) is 0 Å². The Labute approximate surface area is 71.4 Å². The third kappa shape index (κ3) is 0.967. The molecule has 0 amide bonds. The summed E-state index contributed by atoms with van der Waals surface area (Å²) < 4.78 is 2.17. The number of carbonyl (C=O) groups excluding carboxylic acids is 1. The second-order valence-electron chi connectivity index (χ2n) is 3.35. The van der Waals surface area contributed by atoms with Gasteiger partial charge in [-0.2, -0.15) is 0 Å². The molecule has 3 heteroatoms. The molecule has 3 nitrogen and oxygen atoms in total. The second kappa shape index (κ2) is 2.44. The number of rotatable bonds is 2. The molecule has 12 heavy (non-hydrogen) atoms. The van der Waals surface area contributed by atoms with Crippen molar-refractivity contribution in [1.29, 1.82) is 0 Å². The highest BCUT2D eigenvalue weighted by Crippen LogP contribution is 2.37. The normalized spacial score (nSPS) is 16.5. The van der Waals surface area contributed by atoms with Gasteiger partial charge < -0.3 is 4.57 Å². The lowest BCUT2D eigenvalue weighted by atomic mass is 10.3. The van der Waals surface area contributed by atoms with Gasteiger partial charge in [-0.3, -0.25) is 4.79 Å². The van der Waals surface area contributed by atoms with E-state index in [2.05, 4.69) is 9.55 Å². The molecule has 1 heterocycles. The fraction of sp³-hybridized carbons (Fsp3) is 0.556. The van der Waals surface area contributed by atoms with Crippen molar-refractivity contribution in [2.75, 3.05) is 0 Å². The van der Waals surface area contributed by atoms with Gasteiger partial charge in [0.25, 0.3) is 0 Å². The minimum absolute atomic E-state index is 0.597. The van der Waals surface area contributed by atoms with E-state index in [9.17, 15) is 4.79 Å². The van der Waals surface area contributed by atoms with Crippen molar-refractivity contribution in [2.45, 2.75) is 32.7 Å². The fourth-order valence-electron chi connectivity index (χ4n) is 1.66. The number of aldehydes is 1. The van der Waals surface area contributed by atoms with Crippen LogP contribution in [0, 0.1) is 13.8 Å². The number of nitrogens with zero attached hydrogens (tertiary/aromatic N) is 2. The van der Waals surface area contributed by atoms with E-state index in [0.717, 1.165) is 17.8 Å². The molecule has 0 unspecified atom stereocenters. The summed E-state index contributed by atoms with van der Waals surface area (Å²) in [5.41, 5.74) is 1.62. The van der Waals surface area contributed by atoms with Crippen LogP contribution in [0.1, 0.15) is 40.9 Å². The van der Waals surface area contributed by atoms with Crippen molar-refractivity contribution in [1.82, 2.24) is 9.55 Å². The molecular weight excluding hydrogens is 152 g/mol. The maximum atomic E-state index is 10.6. The molecule has 1 saturated carbocycles. The van der Waals surface area contributed by atoms with Crippen LogP contribution in [0.2, 0.25) is 0 Å². The lowest BCUT2D eigenvalue weighted by molar-refractivity contribution is 0.111. The van der Waals surface area contributed by atoms with Gasteiger partial charge in [-0.1, -0.05) is 0 Å². The molecule has 0 spiro atoms. The van der Waals surface area contributed by atoms with Crippen molar-refractivity contribution in [3.8, 4) is 0 Å². The Kier molecular flexibility index (Phi) is 1.53. The number of aromatic nitrogens is 2. The van der Waals surface area contributed by atoms with Crippen molar-refractivity contribution < 1.29 is 4.79 Å². The monoisotopic (exact) mass is 164 g/mol. The summed E-state index contributed by atoms with van der Waals surface area (Å²) >= 11 is 0. The van der Waals surface area contributed by atoms with Gasteiger partial charge in [0, 0.05) is 11.7 Å². The SMILES string of the molecule is Cc1nc(C=O)c(C)n1C1CC1. The Morgan fingerprint density at radius 2 is 2.17 bits per heavy atom. The maximum absolute atomic E-state index is 10.6. The highest BCUT2D eigenvalue weighted by Gasteiger charge is 2.27. The molecule has 0 aromatic carbocycles. The molecule has 1 aromatic rings. The molecule has 2 rings (SSSR count). The number of aryl methyl sites for hydroxylation is 1. The summed E-state index contributed by atoms with van der Waals surface area (Å²) in [5.74, 6) is 0.970. The van der Waals surface area contributed by atoms with E-state index in [0.29, 0.717) is 11.7 Å². The Hall–Kier alpha value is -1.12. The molecule has 0 radical (unpaired) electrons. The molecule has 0 aliphatic heterocycles. The van der Waals surface area contributed by atoms with Gasteiger partial charge in [0.1, 0.15) is 11.5 Å². The average Bonchev–Trinajstić information content (AvgIpc) is 2.80. The summed E-state index contributed by atoms with van der Waals surface area (Å²) in [6.45, 7) is 3.92. The Morgan fingerprint density at radius 3 is 2.58 bits per heavy atom. The van der Waals surface area contributed by atoms with Gasteiger partial charge in [-0.15, -0.1) is 0 Å². The van der Waals surface area contributed by atoms with Crippen molar-refractivity contribution in [2.24, 2.45) is 0 Å². The third-order valence-electron chi connectivity index (χ3n) is 2.39. The van der Waals surface area contributed by atoms with Crippen LogP contribution in [0.15, 0.2) is 0 Å². The second-order valence-corrected chi connectivity index (χ2v) is 3.35. The predicted octanol–water partition coefficient (Wildman–Crippen LogP) is 1.65. The maximum Gasteiger partial charge on any atom is 0.170 e. The molecule has 0 N–H and O–H groups in total. The quantitative estimate of drug-likeness (QED) is 0.623. The zero-order valence-electron chi connectivity index (χ0n) is 7.37. The van der Waals surface area contributed by atoms with E-state index < -0.39 is 0 Å². The van der Waals surface area contributed by atoms with E-state index in [4.69, 9.17) is 0 Å². The molecule has 1 fully saturated rings. The summed E-state index contributed by atoms with van der Waals surface area (Å²) in [6, 6.07) is 0.617. The average molecular weight is 164 g/mol. The number of carbonyl (C=O) groups is 1. The van der Waals surface area contributed by atoms with Crippen LogP contribution in [0.4, 0.5) is 0 Å². The molecule has 1 aliphatic rings. The first kappa shape index (κ1) is 7.53. The lowest BCUT2D eigenvalue weighted by Gasteiger charge is -2.03. The van der Waals surface area contributed by atoms with Crippen LogP contribution in [-0.4, -0.2) is 15.8 Å². The molecular formula is C9H12N2O. The van der Waals surface area contributed by atoms with Crippen LogP contribution in [0.5, 0.6) is 0 Å². The first-order valence-electron chi connectivity index (χ1n) is 4.24. The molecule has 0 atom stereocenters. The Bertz CT molecular complexity index is 324. The van der Waals surface area contributed by atoms with Crippen LogP contribution < -0.4 is 0 Å². The van der Waals surface area contributed by atoms with Gasteiger partial charge >= 0.3 is 0 Å². The van der Waals surface area contributed by atoms with Crippen LogP contribution in [0.3, 0.4) is 0 Å². The van der Waals surface area contributed by atoms with Crippen LogP contribution >= 0.6 is 0 Å². The van der Waals surface area contributed by atoms with Crippen LogP contribution in [0.25, 0.3) is 0 Å². The molecule has 0 bridgehead atoms. The predicted molar refractivity (Wildman–Crippen MR) is 45.4 cm³/mol. The van der Waals surface area contributed by atoms with E-state index >= 15 is 0 Å². The van der Waals surface area contributed by atoms with E-state index in [1.165, 1.54) is 12.8 Å². The van der Waals surface area contributed by atoms with E-state index in [1.54, 1.807) is 0 Å². The number of hydrogen-bond donors (Lipinski definition) is 0. The van der Waals surface area contributed by atoms with E-state index in [-0.39, 0.29) is 0 Å². The molecule has 1 aliphatic carbocycles. The van der Waals surface area contributed by atoms with Gasteiger partial charge in [-0.05, 0) is 26.7 Å². The fourth-order valence-corrected chi connectivity index (χ4v) is 1.66. The number of imidazole rings is 1. The smallest absolute Gasteiger partial charge is 0.170 e. The Balaban J connectivity index is 2.50. The summed E-state index contributed by atoms with van der Waals surface area (Å²) in [4.78, 5) is 14.7. The van der Waals surface area contributed by atoms with Gasteiger partial charge in [0.05, 0.1) is 0 Å². The minimum Gasteiger partial charge on any atom is -0.329 e. The van der Waals surface area contributed by atoms with Gasteiger partial charge in [0.2, 0.25) is 0 Å². The summed E-state index contributed by atoms with van der Waals surface area (Å²) in [5, 5.41) is 0. The first-order valence-corrected chi connectivity index (χ1v) is 4.24. The zero-order valence-corrected chi connectivity index (χ0v) is 7.37. The molecule has 64 valence electrons. The largest absolute Gasteiger partial charge is 0.329 e. The zero-order chi connectivity index (χ0) is 8.72. The third-order valence-corrected chi connectivity index (χ3v) is 2.39. The highest BCUT2D eigenvalue weighted by molar-refractivity contribution is 5.73. The minimum atomic E-state index is 0.597. The molecule has 0 saturated heterocycles. The Morgan fingerprint density at radius 1 is 1.50 bits per heavy atom. The van der Waals surface area contributed by atoms with E-state index in [1.807, 2.05) is 13.8 Å². The van der Waals surface area contributed by atoms with Crippen molar-refractivity contribution >= 4 is 6.29 Å². The van der Waals surface area contributed by atoms with Crippen molar-refractivity contribution in [3.05, 3.63) is 17.2 Å². The van der Waals surface area contributed by atoms with Crippen LogP contribution in [-0.2, 0) is 0 Å².